The molecule has 1 saturated heterocycles. The van der Waals surface area contributed by atoms with Gasteiger partial charge in [-0.05, 0) is 26.0 Å². The molecule has 0 saturated carbocycles. The van der Waals surface area contributed by atoms with Crippen LogP contribution in [0.5, 0.6) is 11.5 Å². The van der Waals surface area contributed by atoms with E-state index in [9.17, 15) is 19.5 Å². The van der Waals surface area contributed by atoms with Crippen LogP contribution in [0.25, 0.3) is 0 Å². The van der Waals surface area contributed by atoms with Crippen LogP contribution in [0.2, 0.25) is 0 Å². The summed E-state index contributed by atoms with van der Waals surface area (Å²) in [6, 6.07) is 4.21. The summed E-state index contributed by atoms with van der Waals surface area (Å²) in [5.74, 6) is -1.58. The molecule has 0 aromatic heterocycles. The highest BCUT2D eigenvalue weighted by Crippen LogP contribution is 2.28. The summed E-state index contributed by atoms with van der Waals surface area (Å²) < 4.78 is 4.95. The third-order valence-electron chi connectivity index (χ3n) is 3.47. The van der Waals surface area contributed by atoms with E-state index >= 15 is 0 Å². The number of piperazine rings is 1. The first kappa shape index (κ1) is 14.8. The van der Waals surface area contributed by atoms with Crippen LogP contribution in [0.4, 0.5) is 0 Å². The topological polar surface area (TPSA) is 95.9 Å². The van der Waals surface area contributed by atoms with Crippen LogP contribution >= 0.6 is 0 Å². The second kappa shape index (κ2) is 5.08. The van der Waals surface area contributed by atoms with Crippen molar-refractivity contribution in [1.29, 1.82) is 0 Å². The minimum Gasteiger partial charge on any atom is -0.507 e. The fourth-order valence-electron chi connectivity index (χ4n) is 2.07. The number of hydrogen-bond acceptors (Lipinski definition) is 5. The molecule has 0 aliphatic carbocycles. The highest BCUT2D eigenvalue weighted by atomic mass is 16.5. The Morgan fingerprint density at radius 2 is 2.05 bits per heavy atom. The molecule has 0 unspecified atom stereocenters. The van der Waals surface area contributed by atoms with Crippen molar-refractivity contribution in [2.24, 2.45) is 0 Å². The van der Waals surface area contributed by atoms with Crippen molar-refractivity contribution in [3.8, 4) is 11.5 Å². The van der Waals surface area contributed by atoms with Crippen LogP contribution in [0.1, 0.15) is 24.2 Å². The molecule has 1 heterocycles. The Hall–Kier alpha value is -2.57. The molecule has 0 atom stereocenters. The number of nitrogens with one attached hydrogen (secondary N) is 1. The van der Waals surface area contributed by atoms with Crippen molar-refractivity contribution in [2.75, 3.05) is 13.7 Å². The second-order valence-corrected chi connectivity index (χ2v) is 5.21. The normalized spacial score (nSPS) is 17.4. The van der Waals surface area contributed by atoms with Gasteiger partial charge in [-0.15, -0.1) is 0 Å². The van der Waals surface area contributed by atoms with Crippen molar-refractivity contribution < 1.29 is 24.2 Å². The Bertz CT molecular complexity index is 624. The van der Waals surface area contributed by atoms with E-state index in [0.717, 1.165) is 4.90 Å². The highest BCUT2D eigenvalue weighted by molar-refractivity contribution is 6.09. The molecule has 1 fully saturated rings. The van der Waals surface area contributed by atoms with Crippen molar-refractivity contribution in [1.82, 2.24) is 10.2 Å². The Labute approximate surface area is 121 Å². The third-order valence-corrected chi connectivity index (χ3v) is 3.47. The number of methoxy groups -OCH3 is 1. The quantitative estimate of drug-likeness (QED) is 0.763. The summed E-state index contributed by atoms with van der Waals surface area (Å²) in [5, 5.41) is 12.1. The summed E-state index contributed by atoms with van der Waals surface area (Å²) in [5.41, 5.74) is -1.18. The first-order valence-electron chi connectivity index (χ1n) is 6.30. The van der Waals surface area contributed by atoms with E-state index in [1.165, 1.54) is 39.2 Å². The van der Waals surface area contributed by atoms with Crippen LogP contribution in [0, 0.1) is 0 Å². The Morgan fingerprint density at radius 3 is 2.62 bits per heavy atom. The van der Waals surface area contributed by atoms with Crippen LogP contribution in [-0.4, -0.2) is 46.9 Å². The fraction of sp³-hybridized carbons (Fsp3) is 0.357. The Morgan fingerprint density at radius 1 is 1.38 bits per heavy atom. The van der Waals surface area contributed by atoms with E-state index < -0.39 is 23.3 Å². The average Bonchev–Trinajstić information content (AvgIpc) is 2.42. The van der Waals surface area contributed by atoms with Gasteiger partial charge in [0.25, 0.3) is 11.8 Å². The molecule has 1 aliphatic rings. The summed E-state index contributed by atoms with van der Waals surface area (Å²) in [6.07, 6.45) is 0. The highest BCUT2D eigenvalue weighted by Gasteiger charge is 2.44. The van der Waals surface area contributed by atoms with Gasteiger partial charge in [0.1, 0.15) is 23.6 Å². The zero-order chi connectivity index (χ0) is 15.8. The zero-order valence-electron chi connectivity index (χ0n) is 12.0. The number of phenols is 1. The SMILES string of the molecule is COc1ccc(C(=O)N2CC(=O)NC(=O)C2(C)C)c(O)c1. The number of amides is 3. The third kappa shape index (κ3) is 2.54. The van der Waals surface area contributed by atoms with E-state index in [1.54, 1.807) is 0 Å². The number of rotatable bonds is 2. The van der Waals surface area contributed by atoms with Crippen molar-refractivity contribution >= 4 is 17.7 Å². The number of carbonyl (C=O) groups is 3. The summed E-state index contributed by atoms with van der Waals surface area (Å²) >= 11 is 0. The van der Waals surface area contributed by atoms with Gasteiger partial charge in [0.15, 0.2) is 0 Å². The zero-order valence-corrected chi connectivity index (χ0v) is 12.0. The lowest BCUT2D eigenvalue weighted by molar-refractivity contribution is -0.143. The van der Waals surface area contributed by atoms with Gasteiger partial charge in [0, 0.05) is 6.07 Å². The smallest absolute Gasteiger partial charge is 0.258 e. The molecule has 7 nitrogen and oxygen atoms in total. The molecule has 1 aromatic rings. The standard InChI is InChI=1S/C14H16N2O5/c1-14(2)13(20)15-11(18)7-16(14)12(19)9-5-4-8(21-3)6-10(9)17/h4-6,17H,7H2,1-3H3,(H,15,18,20). The fourth-order valence-corrected chi connectivity index (χ4v) is 2.07. The number of hydrogen-bond donors (Lipinski definition) is 2. The predicted octanol–water partition coefficient (Wildman–Crippen LogP) is 0.278. The number of ether oxygens (including phenoxy) is 1. The van der Waals surface area contributed by atoms with E-state index in [4.69, 9.17) is 4.74 Å². The monoisotopic (exact) mass is 292 g/mol. The van der Waals surface area contributed by atoms with E-state index in [0.29, 0.717) is 5.75 Å². The summed E-state index contributed by atoms with van der Waals surface area (Å²) in [7, 11) is 1.44. The van der Waals surface area contributed by atoms with Crippen LogP contribution < -0.4 is 10.1 Å². The molecule has 3 amide bonds. The van der Waals surface area contributed by atoms with Gasteiger partial charge < -0.3 is 14.7 Å². The van der Waals surface area contributed by atoms with Crippen molar-refractivity contribution in [3.05, 3.63) is 23.8 Å². The minimum atomic E-state index is -1.18. The van der Waals surface area contributed by atoms with E-state index in [1.807, 2.05) is 0 Å². The van der Waals surface area contributed by atoms with Crippen LogP contribution in [0.15, 0.2) is 18.2 Å². The number of imide groups is 1. The lowest BCUT2D eigenvalue weighted by atomic mass is 9.97. The molecular weight excluding hydrogens is 276 g/mol. The van der Waals surface area contributed by atoms with Crippen LogP contribution in [0.3, 0.4) is 0 Å². The maximum absolute atomic E-state index is 12.5. The number of phenolic OH excluding ortho intramolecular Hbond substituents is 1. The lowest BCUT2D eigenvalue weighted by Crippen LogP contribution is -2.65. The number of carbonyl (C=O) groups excluding carboxylic acids is 3. The lowest BCUT2D eigenvalue weighted by Gasteiger charge is -2.40. The van der Waals surface area contributed by atoms with Gasteiger partial charge in [0.2, 0.25) is 5.91 Å². The van der Waals surface area contributed by atoms with Gasteiger partial charge in [-0.3, -0.25) is 19.7 Å². The van der Waals surface area contributed by atoms with Gasteiger partial charge in [-0.2, -0.15) is 0 Å². The number of nitrogens with zero attached hydrogens (tertiary/aromatic N) is 1. The molecule has 1 aromatic carbocycles. The molecule has 0 radical (unpaired) electrons. The summed E-state index contributed by atoms with van der Waals surface area (Å²) in [6.45, 7) is 2.82. The van der Waals surface area contributed by atoms with Crippen LogP contribution in [-0.2, 0) is 9.59 Å². The van der Waals surface area contributed by atoms with E-state index in [2.05, 4.69) is 5.32 Å². The first-order chi connectivity index (χ1) is 9.77. The largest absolute Gasteiger partial charge is 0.507 e. The maximum Gasteiger partial charge on any atom is 0.258 e. The maximum atomic E-state index is 12.5. The number of aromatic hydroxyl groups is 1. The molecule has 0 bridgehead atoms. The van der Waals surface area contributed by atoms with Crippen molar-refractivity contribution in [3.63, 3.8) is 0 Å². The Balaban J connectivity index is 2.38. The van der Waals surface area contributed by atoms with Gasteiger partial charge in [-0.25, -0.2) is 0 Å². The predicted molar refractivity (Wildman–Crippen MR) is 72.9 cm³/mol. The molecule has 21 heavy (non-hydrogen) atoms. The molecule has 2 N–H and O–H groups in total. The minimum absolute atomic E-state index is 0.00590. The molecule has 7 heteroatoms. The average molecular weight is 292 g/mol. The molecule has 1 aliphatic heterocycles. The first-order valence-corrected chi connectivity index (χ1v) is 6.30. The van der Waals surface area contributed by atoms with Gasteiger partial charge >= 0.3 is 0 Å². The molecule has 0 spiro atoms. The van der Waals surface area contributed by atoms with E-state index in [-0.39, 0.29) is 17.9 Å². The van der Waals surface area contributed by atoms with Gasteiger partial charge in [0.05, 0.1) is 12.7 Å². The number of benzene rings is 1. The molecular formula is C14H16N2O5. The van der Waals surface area contributed by atoms with Gasteiger partial charge in [-0.1, -0.05) is 0 Å². The second-order valence-electron chi connectivity index (χ2n) is 5.21. The molecule has 2 rings (SSSR count). The van der Waals surface area contributed by atoms with Crippen molar-refractivity contribution in [2.45, 2.75) is 19.4 Å². The molecule has 112 valence electrons. The summed E-state index contributed by atoms with van der Waals surface area (Å²) in [4.78, 5) is 37.0. The Kier molecular flexibility index (Phi) is 3.59.